The Labute approximate surface area is 177 Å². The molecule has 0 N–H and O–H groups in total. The second-order valence-electron chi connectivity index (χ2n) is 6.39. The van der Waals surface area contributed by atoms with Crippen molar-refractivity contribution in [2.24, 2.45) is 0 Å². The van der Waals surface area contributed by atoms with Gasteiger partial charge in [-0.25, -0.2) is 4.79 Å². The second-order valence-corrected chi connectivity index (χ2v) is 6.39. The first-order valence-electron chi connectivity index (χ1n) is 8.94. The molecule has 5 atom stereocenters. The van der Waals surface area contributed by atoms with E-state index in [1.54, 1.807) is 0 Å². The Morgan fingerprint density at radius 1 is 0.742 bits per heavy atom. The topological polar surface area (TPSA) is 167 Å². The molecule has 0 unspecified atom stereocenters. The number of hydrogen-bond acceptors (Lipinski definition) is 13. The molecule has 0 radical (unpaired) electrons. The largest absolute Gasteiger partial charge is 0.464 e. The molecule has 0 aromatic carbocycles. The van der Waals surface area contributed by atoms with Gasteiger partial charge >= 0.3 is 41.6 Å². The fourth-order valence-electron chi connectivity index (χ4n) is 2.91. The summed E-state index contributed by atoms with van der Waals surface area (Å²) in [5.41, 5.74) is 0. The van der Waals surface area contributed by atoms with Crippen molar-refractivity contribution in [2.75, 3.05) is 13.7 Å². The van der Waals surface area contributed by atoms with Crippen LogP contribution in [-0.4, -0.2) is 79.7 Å². The van der Waals surface area contributed by atoms with Gasteiger partial charge in [-0.3, -0.25) is 24.0 Å². The van der Waals surface area contributed by atoms with Crippen molar-refractivity contribution in [2.45, 2.75) is 64.8 Å². The molecule has 0 saturated carbocycles. The van der Waals surface area contributed by atoms with Gasteiger partial charge in [0.05, 0.1) is 7.11 Å². The highest BCUT2D eigenvalue weighted by Gasteiger charge is 2.67. The molecular formula is C18H24O13. The van der Waals surface area contributed by atoms with Crippen molar-refractivity contribution in [3.05, 3.63) is 0 Å². The molecule has 0 aliphatic carbocycles. The van der Waals surface area contributed by atoms with Gasteiger partial charge < -0.3 is 33.2 Å². The van der Waals surface area contributed by atoms with Gasteiger partial charge in [-0.2, -0.15) is 0 Å². The smallest absolute Gasteiger partial charge is 0.383 e. The van der Waals surface area contributed by atoms with E-state index in [1.165, 1.54) is 0 Å². The number of rotatable bonds is 7. The van der Waals surface area contributed by atoms with Crippen molar-refractivity contribution in [3.8, 4) is 0 Å². The van der Waals surface area contributed by atoms with Crippen LogP contribution in [0.25, 0.3) is 0 Å². The molecule has 31 heavy (non-hydrogen) atoms. The molecular weight excluding hydrogens is 424 g/mol. The minimum atomic E-state index is -2.77. The minimum Gasteiger partial charge on any atom is -0.464 e. The van der Waals surface area contributed by atoms with Gasteiger partial charge in [0.1, 0.15) is 12.7 Å². The highest BCUT2D eigenvalue weighted by Crippen LogP contribution is 2.38. The number of esters is 6. The zero-order valence-electron chi connectivity index (χ0n) is 17.8. The predicted molar refractivity (Wildman–Crippen MR) is 94.7 cm³/mol. The lowest BCUT2D eigenvalue weighted by Gasteiger charge is -2.48. The van der Waals surface area contributed by atoms with E-state index in [4.69, 9.17) is 28.4 Å². The van der Waals surface area contributed by atoms with Crippen LogP contribution >= 0.6 is 0 Å². The minimum absolute atomic E-state index is 0.613. The third-order valence-corrected chi connectivity index (χ3v) is 3.80. The van der Waals surface area contributed by atoms with Crippen molar-refractivity contribution >= 4 is 35.8 Å². The average Bonchev–Trinajstić information content (AvgIpc) is 2.62. The van der Waals surface area contributed by atoms with E-state index in [9.17, 15) is 28.8 Å². The highest BCUT2D eigenvalue weighted by atomic mass is 16.8. The predicted octanol–water partition coefficient (Wildman–Crippen LogP) is -0.824. The van der Waals surface area contributed by atoms with Gasteiger partial charge in [0, 0.05) is 34.6 Å². The number of hydrogen-bond donors (Lipinski definition) is 0. The van der Waals surface area contributed by atoms with Crippen molar-refractivity contribution in [3.63, 3.8) is 0 Å². The third kappa shape index (κ3) is 6.64. The fourth-order valence-corrected chi connectivity index (χ4v) is 2.91. The Morgan fingerprint density at radius 2 is 1.26 bits per heavy atom. The van der Waals surface area contributed by atoms with Crippen LogP contribution in [0.15, 0.2) is 0 Å². The SMILES string of the molecule is COC(=O)[C@]1(OC(C)=O)O[C@H](COC(C)=O)[C@@H](OC(C)=O)[C@H](OC(C)=O)[C@H]1OC(C)=O. The lowest BCUT2D eigenvalue weighted by atomic mass is 9.91. The molecule has 0 aromatic rings. The van der Waals surface area contributed by atoms with Crippen molar-refractivity contribution in [1.82, 2.24) is 0 Å². The zero-order chi connectivity index (χ0) is 23.9. The first kappa shape index (κ1) is 25.8. The molecule has 1 fully saturated rings. The summed E-state index contributed by atoms with van der Waals surface area (Å²) in [6, 6.07) is 0. The van der Waals surface area contributed by atoms with Crippen molar-refractivity contribution < 1.29 is 61.9 Å². The standard InChI is InChI=1S/C18H24O13/c1-8(19)26-7-13-14(27-9(2)20)15(28-10(3)21)16(29-11(4)22)18(31-13,17(24)25-6)30-12(5)23/h13-16H,7H2,1-6H3/t13-,14-,15+,16-,18-/m1/s1. The maximum absolute atomic E-state index is 12.7. The maximum Gasteiger partial charge on any atom is 0.383 e. The monoisotopic (exact) mass is 448 g/mol. The summed E-state index contributed by atoms with van der Waals surface area (Å²) in [5.74, 6) is -8.68. The molecule has 1 saturated heterocycles. The van der Waals surface area contributed by atoms with E-state index in [2.05, 4.69) is 4.74 Å². The van der Waals surface area contributed by atoms with E-state index < -0.39 is 72.6 Å². The molecule has 1 heterocycles. The molecule has 174 valence electrons. The summed E-state index contributed by atoms with van der Waals surface area (Å²) in [6.45, 7) is 4.39. The summed E-state index contributed by atoms with van der Waals surface area (Å²) >= 11 is 0. The molecule has 0 spiro atoms. The molecule has 1 rings (SSSR count). The number of methoxy groups -OCH3 is 1. The Kier molecular flexibility index (Phi) is 8.91. The molecule has 0 bridgehead atoms. The molecule has 1 aliphatic rings. The van der Waals surface area contributed by atoms with E-state index in [0.29, 0.717) is 0 Å². The molecule has 13 nitrogen and oxygen atoms in total. The van der Waals surface area contributed by atoms with Crippen molar-refractivity contribution in [1.29, 1.82) is 0 Å². The Hall–Kier alpha value is -3.22. The quantitative estimate of drug-likeness (QED) is 0.350. The van der Waals surface area contributed by atoms with E-state index >= 15 is 0 Å². The normalized spacial score (nSPS) is 27.3. The maximum atomic E-state index is 12.7. The van der Waals surface area contributed by atoms with Gasteiger partial charge in [-0.1, -0.05) is 0 Å². The van der Waals surface area contributed by atoms with Crippen LogP contribution < -0.4 is 0 Å². The van der Waals surface area contributed by atoms with E-state index in [-0.39, 0.29) is 0 Å². The zero-order valence-corrected chi connectivity index (χ0v) is 17.8. The van der Waals surface area contributed by atoms with Crippen LogP contribution in [-0.2, 0) is 61.9 Å². The van der Waals surface area contributed by atoms with Crippen LogP contribution in [0, 0.1) is 0 Å². The van der Waals surface area contributed by atoms with Gasteiger partial charge in [0.2, 0.25) is 6.10 Å². The highest BCUT2D eigenvalue weighted by molar-refractivity contribution is 5.83. The summed E-state index contributed by atoms with van der Waals surface area (Å²) in [5, 5.41) is 0. The first-order chi connectivity index (χ1) is 14.3. The summed E-state index contributed by atoms with van der Waals surface area (Å²) in [4.78, 5) is 71.0. The second kappa shape index (κ2) is 10.7. The number of carbonyl (C=O) groups excluding carboxylic acids is 6. The Balaban J connectivity index is 3.71. The number of carbonyl (C=O) groups is 6. The average molecular weight is 448 g/mol. The van der Waals surface area contributed by atoms with Crippen LogP contribution in [0.2, 0.25) is 0 Å². The first-order valence-corrected chi connectivity index (χ1v) is 8.94. The van der Waals surface area contributed by atoms with Crippen LogP contribution in [0.4, 0.5) is 0 Å². The lowest BCUT2D eigenvalue weighted by molar-refractivity contribution is -0.344. The fraction of sp³-hybridized carbons (Fsp3) is 0.667. The Bertz CT molecular complexity index is 745. The van der Waals surface area contributed by atoms with E-state index in [0.717, 1.165) is 41.7 Å². The molecule has 0 aromatic heterocycles. The third-order valence-electron chi connectivity index (χ3n) is 3.80. The van der Waals surface area contributed by atoms with Gasteiger partial charge in [0.15, 0.2) is 12.2 Å². The van der Waals surface area contributed by atoms with Crippen LogP contribution in [0.1, 0.15) is 34.6 Å². The summed E-state index contributed by atoms with van der Waals surface area (Å²) in [7, 11) is 0.932. The van der Waals surface area contributed by atoms with Gasteiger partial charge in [-0.15, -0.1) is 0 Å². The summed E-state index contributed by atoms with van der Waals surface area (Å²) < 4.78 is 35.6. The molecule has 0 amide bonds. The van der Waals surface area contributed by atoms with Gasteiger partial charge in [-0.05, 0) is 0 Å². The summed E-state index contributed by atoms with van der Waals surface area (Å²) in [6.07, 6.45) is -6.68. The Morgan fingerprint density at radius 3 is 1.68 bits per heavy atom. The molecule has 13 heteroatoms. The van der Waals surface area contributed by atoms with Gasteiger partial charge in [0.25, 0.3) is 0 Å². The number of ether oxygens (including phenoxy) is 7. The molecule has 1 aliphatic heterocycles. The lowest BCUT2D eigenvalue weighted by Crippen LogP contribution is -2.72. The van der Waals surface area contributed by atoms with Crippen LogP contribution in [0.3, 0.4) is 0 Å². The van der Waals surface area contributed by atoms with E-state index in [1.807, 2.05) is 0 Å². The van der Waals surface area contributed by atoms with Crippen LogP contribution in [0.5, 0.6) is 0 Å².